The smallest absolute Gasteiger partial charge is 0.235 e. The number of nitrogens with one attached hydrogen (secondary N) is 1. The van der Waals surface area contributed by atoms with Crippen LogP contribution in [0.15, 0.2) is 35.7 Å². The number of carbonyl (C=O) groups excluding carboxylic acids is 1. The Morgan fingerprint density at radius 3 is 2.80 bits per heavy atom. The highest BCUT2D eigenvalue weighted by molar-refractivity contribution is 7.10. The van der Waals surface area contributed by atoms with Crippen LogP contribution in [-0.4, -0.2) is 5.91 Å². The summed E-state index contributed by atoms with van der Waals surface area (Å²) in [6.07, 6.45) is 1.69. The molecule has 0 spiro atoms. The quantitative estimate of drug-likeness (QED) is 0.909. The lowest BCUT2D eigenvalue weighted by molar-refractivity contribution is -0.118. The van der Waals surface area contributed by atoms with Crippen LogP contribution >= 0.6 is 11.3 Å². The highest BCUT2D eigenvalue weighted by atomic mass is 32.1. The summed E-state index contributed by atoms with van der Waals surface area (Å²) in [6.45, 7) is 0.247. The van der Waals surface area contributed by atoms with Gasteiger partial charge in [0, 0.05) is 17.1 Å². The summed E-state index contributed by atoms with van der Waals surface area (Å²) < 4.78 is 13.4. The minimum Gasteiger partial charge on any atom is -0.326 e. The number of nitrogens with two attached hydrogens (primary N) is 1. The maximum absolute atomic E-state index is 13.4. The summed E-state index contributed by atoms with van der Waals surface area (Å²) >= 11 is 1.59. The molecule has 0 bridgehead atoms. The molecule has 1 aromatic carbocycles. The fourth-order valence-corrected chi connectivity index (χ4v) is 3.34. The number of hydrogen-bond donors (Lipinski definition) is 2. The van der Waals surface area contributed by atoms with Crippen molar-refractivity contribution in [3.63, 3.8) is 0 Å². The lowest BCUT2D eigenvalue weighted by Gasteiger charge is -2.14. The second kappa shape index (κ2) is 5.00. The monoisotopic (exact) mass is 290 g/mol. The largest absolute Gasteiger partial charge is 0.326 e. The summed E-state index contributed by atoms with van der Waals surface area (Å²) in [5, 5.41) is 4.79. The van der Waals surface area contributed by atoms with Gasteiger partial charge in [-0.25, -0.2) is 4.39 Å². The van der Waals surface area contributed by atoms with E-state index in [2.05, 4.69) is 5.32 Å². The molecule has 1 aromatic heterocycles. The molecule has 1 saturated carbocycles. The number of amides is 1. The first-order chi connectivity index (χ1) is 9.64. The van der Waals surface area contributed by atoms with E-state index in [1.165, 1.54) is 12.1 Å². The Balaban J connectivity index is 1.82. The molecule has 3 nitrogen and oxygen atoms in total. The van der Waals surface area contributed by atoms with Gasteiger partial charge in [0.2, 0.25) is 5.91 Å². The molecular weight excluding hydrogens is 275 g/mol. The average Bonchev–Trinajstić information content (AvgIpc) is 3.06. The fourth-order valence-electron chi connectivity index (χ4n) is 2.35. The highest BCUT2D eigenvalue weighted by Crippen LogP contribution is 2.50. The van der Waals surface area contributed by atoms with E-state index in [1.54, 1.807) is 17.4 Å². The van der Waals surface area contributed by atoms with Gasteiger partial charge in [-0.3, -0.25) is 4.79 Å². The van der Waals surface area contributed by atoms with Gasteiger partial charge in [0.25, 0.3) is 0 Å². The first kappa shape index (κ1) is 13.3. The van der Waals surface area contributed by atoms with Crippen LogP contribution < -0.4 is 11.1 Å². The van der Waals surface area contributed by atoms with Crippen molar-refractivity contribution in [3.8, 4) is 0 Å². The van der Waals surface area contributed by atoms with Crippen molar-refractivity contribution >= 4 is 22.9 Å². The second-order valence-electron chi connectivity index (χ2n) is 5.07. The Morgan fingerprint density at radius 2 is 2.20 bits per heavy atom. The zero-order chi connectivity index (χ0) is 14.2. The van der Waals surface area contributed by atoms with E-state index in [4.69, 9.17) is 5.73 Å². The van der Waals surface area contributed by atoms with Crippen LogP contribution in [0.4, 0.5) is 10.1 Å². The van der Waals surface area contributed by atoms with Gasteiger partial charge < -0.3 is 11.1 Å². The molecule has 0 atom stereocenters. The zero-order valence-electron chi connectivity index (χ0n) is 10.9. The molecule has 1 aliphatic carbocycles. The predicted octanol–water partition coefficient (Wildman–Crippen LogP) is 3.02. The summed E-state index contributed by atoms with van der Waals surface area (Å²) in [6, 6.07) is 8.34. The third-order valence-electron chi connectivity index (χ3n) is 3.63. The van der Waals surface area contributed by atoms with Crippen molar-refractivity contribution in [2.75, 3.05) is 5.32 Å². The van der Waals surface area contributed by atoms with Crippen molar-refractivity contribution in [1.29, 1.82) is 0 Å². The molecule has 2 aromatic rings. The predicted molar refractivity (Wildman–Crippen MR) is 78.2 cm³/mol. The molecule has 0 unspecified atom stereocenters. The van der Waals surface area contributed by atoms with Crippen molar-refractivity contribution in [2.24, 2.45) is 5.73 Å². The molecule has 1 aliphatic rings. The highest BCUT2D eigenvalue weighted by Gasteiger charge is 2.52. The second-order valence-corrected chi connectivity index (χ2v) is 6.01. The molecule has 1 heterocycles. The molecule has 20 heavy (non-hydrogen) atoms. The first-order valence-electron chi connectivity index (χ1n) is 6.49. The van der Waals surface area contributed by atoms with Gasteiger partial charge in [-0.15, -0.1) is 11.3 Å². The van der Waals surface area contributed by atoms with E-state index >= 15 is 0 Å². The standard InChI is InChI=1S/C15H15FN2OS/c16-11-6-10(9-17)7-12(8-11)18-14(19)15(3-4-15)13-2-1-5-20-13/h1-2,5-8H,3-4,9,17H2,(H,18,19). The van der Waals surface area contributed by atoms with Crippen molar-refractivity contribution < 1.29 is 9.18 Å². The molecule has 1 amide bonds. The number of carbonyl (C=O) groups is 1. The Hall–Kier alpha value is -1.72. The van der Waals surface area contributed by atoms with Gasteiger partial charge in [0.15, 0.2) is 0 Å². The van der Waals surface area contributed by atoms with Crippen LogP contribution in [0.2, 0.25) is 0 Å². The number of benzene rings is 1. The number of rotatable bonds is 4. The van der Waals surface area contributed by atoms with Gasteiger partial charge in [-0.1, -0.05) is 6.07 Å². The SMILES string of the molecule is NCc1cc(F)cc(NC(=O)C2(c3cccs3)CC2)c1. The Kier molecular flexibility index (Phi) is 3.31. The lowest BCUT2D eigenvalue weighted by Crippen LogP contribution is -2.27. The van der Waals surface area contributed by atoms with Gasteiger partial charge in [0.05, 0.1) is 5.41 Å². The minimum absolute atomic E-state index is 0.0616. The van der Waals surface area contributed by atoms with Gasteiger partial charge in [-0.2, -0.15) is 0 Å². The molecule has 0 aliphatic heterocycles. The normalized spacial score (nSPS) is 15.9. The molecule has 1 fully saturated rings. The summed E-state index contributed by atoms with van der Waals surface area (Å²) in [5.74, 6) is -0.447. The third-order valence-corrected chi connectivity index (χ3v) is 4.70. The van der Waals surface area contributed by atoms with Crippen molar-refractivity contribution in [3.05, 3.63) is 52.0 Å². The summed E-state index contributed by atoms with van der Waals surface area (Å²) in [7, 11) is 0. The molecule has 5 heteroatoms. The Morgan fingerprint density at radius 1 is 1.40 bits per heavy atom. The van der Waals surface area contributed by atoms with E-state index in [9.17, 15) is 9.18 Å². The van der Waals surface area contributed by atoms with E-state index in [0.29, 0.717) is 11.3 Å². The van der Waals surface area contributed by atoms with Crippen LogP contribution in [0.5, 0.6) is 0 Å². The number of hydrogen-bond acceptors (Lipinski definition) is 3. The van der Waals surface area contributed by atoms with Crippen LogP contribution in [-0.2, 0) is 16.8 Å². The Labute approximate surface area is 120 Å². The van der Waals surface area contributed by atoms with Gasteiger partial charge >= 0.3 is 0 Å². The molecular formula is C15H15FN2OS. The summed E-state index contributed by atoms with van der Waals surface area (Å²) in [4.78, 5) is 13.5. The molecule has 0 saturated heterocycles. The molecule has 104 valence electrons. The average molecular weight is 290 g/mol. The van der Waals surface area contributed by atoms with E-state index in [1.807, 2.05) is 17.5 Å². The van der Waals surface area contributed by atoms with E-state index < -0.39 is 5.41 Å². The van der Waals surface area contributed by atoms with Gasteiger partial charge in [0.1, 0.15) is 5.82 Å². The number of thiophene rings is 1. The minimum atomic E-state index is -0.413. The van der Waals surface area contributed by atoms with E-state index in [0.717, 1.165) is 17.7 Å². The van der Waals surface area contributed by atoms with Gasteiger partial charge in [-0.05, 0) is 48.1 Å². The van der Waals surface area contributed by atoms with Crippen LogP contribution in [0.3, 0.4) is 0 Å². The first-order valence-corrected chi connectivity index (χ1v) is 7.37. The number of halogens is 1. The fraction of sp³-hybridized carbons (Fsp3) is 0.267. The third kappa shape index (κ3) is 2.34. The summed E-state index contributed by atoms with van der Waals surface area (Å²) in [5.41, 5.74) is 6.24. The lowest BCUT2D eigenvalue weighted by atomic mass is 10.0. The zero-order valence-corrected chi connectivity index (χ0v) is 11.7. The van der Waals surface area contributed by atoms with Crippen LogP contribution in [0, 0.1) is 5.82 Å². The van der Waals surface area contributed by atoms with Crippen molar-refractivity contribution in [1.82, 2.24) is 0 Å². The van der Waals surface area contributed by atoms with Crippen LogP contribution in [0.25, 0.3) is 0 Å². The molecule has 0 radical (unpaired) electrons. The van der Waals surface area contributed by atoms with Crippen LogP contribution in [0.1, 0.15) is 23.3 Å². The maximum atomic E-state index is 13.4. The molecule has 3 N–H and O–H groups in total. The number of anilines is 1. The van der Waals surface area contributed by atoms with E-state index in [-0.39, 0.29) is 18.3 Å². The molecule has 3 rings (SSSR count). The Bertz CT molecular complexity index is 635. The maximum Gasteiger partial charge on any atom is 0.235 e. The topological polar surface area (TPSA) is 55.1 Å². The van der Waals surface area contributed by atoms with Crippen molar-refractivity contribution in [2.45, 2.75) is 24.8 Å².